The van der Waals surface area contributed by atoms with E-state index in [-0.39, 0.29) is 5.97 Å². The molecule has 0 aromatic rings. The summed E-state index contributed by atoms with van der Waals surface area (Å²) in [6.07, 6.45) is 0.688. The van der Waals surface area contributed by atoms with Crippen molar-refractivity contribution in [3.63, 3.8) is 0 Å². The Labute approximate surface area is 80.1 Å². The fraction of sp³-hybridized carbons (Fsp3) is 0.889. The van der Waals surface area contributed by atoms with Crippen molar-refractivity contribution in [3.8, 4) is 0 Å². The maximum absolute atomic E-state index is 11.3. The van der Waals surface area contributed by atoms with Gasteiger partial charge in [-0.05, 0) is 19.3 Å². The van der Waals surface area contributed by atoms with Crippen molar-refractivity contribution in [1.82, 2.24) is 0 Å². The van der Waals surface area contributed by atoms with Crippen LogP contribution >= 0.6 is 12.6 Å². The molecule has 3 heteroatoms. The number of carbonyl (C=O) groups is 1. The standard InChI is InChI=1S/C9H18O2S/c1-5-9(4,12)8(10)11-6-7(2)3/h7,12H,5-6H2,1-4H3. The fourth-order valence-corrected chi connectivity index (χ4v) is 0.607. The normalized spacial score (nSPS) is 15.8. The largest absolute Gasteiger partial charge is 0.464 e. The SMILES string of the molecule is CCC(C)(S)C(=O)OCC(C)C. The highest BCUT2D eigenvalue weighted by Crippen LogP contribution is 2.19. The lowest BCUT2D eigenvalue weighted by atomic mass is 10.1. The van der Waals surface area contributed by atoms with Crippen molar-refractivity contribution in [2.45, 2.75) is 38.9 Å². The molecule has 1 unspecified atom stereocenters. The van der Waals surface area contributed by atoms with Crippen LogP contribution in [0.1, 0.15) is 34.1 Å². The summed E-state index contributed by atoms with van der Waals surface area (Å²) in [5.74, 6) is 0.164. The second kappa shape index (κ2) is 4.75. The highest BCUT2D eigenvalue weighted by Gasteiger charge is 2.28. The Morgan fingerprint density at radius 2 is 2.08 bits per heavy atom. The zero-order valence-electron chi connectivity index (χ0n) is 8.26. The number of ether oxygens (including phenoxy) is 1. The molecule has 0 saturated heterocycles. The molecule has 2 nitrogen and oxygen atoms in total. The number of thiol groups is 1. The molecule has 0 radical (unpaired) electrons. The summed E-state index contributed by atoms with van der Waals surface area (Å²) in [6, 6.07) is 0. The van der Waals surface area contributed by atoms with E-state index in [9.17, 15) is 4.79 Å². The lowest BCUT2D eigenvalue weighted by molar-refractivity contribution is -0.147. The predicted molar refractivity (Wildman–Crippen MR) is 53.5 cm³/mol. The quantitative estimate of drug-likeness (QED) is 0.544. The maximum Gasteiger partial charge on any atom is 0.321 e. The minimum absolute atomic E-state index is 0.220. The number of rotatable bonds is 4. The molecule has 0 aliphatic rings. The molecule has 0 amide bonds. The van der Waals surface area contributed by atoms with Gasteiger partial charge in [-0.1, -0.05) is 20.8 Å². The maximum atomic E-state index is 11.3. The first kappa shape index (κ1) is 11.8. The van der Waals surface area contributed by atoms with E-state index in [1.807, 2.05) is 20.8 Å². The summed E-state index contributed by atoms with van der Waals surface area (Å²) >= 11 is 4.21. The molecule has 0 aliphatic carbocycles. The van der Waals surface area contributed by atoms with Crippen molar-refractivity contribution in [2.24, 2.45) is 5.92 Å². The third-order valence-corrected chi connectivity index (χ3v) is 2.17. The first-order valence-corrected chi connectivity index (χ1v) is 4.74. The molecule has 1 atom stereocenters. The molecule has 0 rings (SSSR count). The molecule has 0 saturated carbocycles. The van der Waals surface area contributed by atoms with E-state index >= 15 is 0 Å². The van der Waals surface area contributed by atoms with Crippen LogP contribution < -0.4 is 0 Å². The van der Waals surface area contributed by atoms with Crippen LogP contribution in [0, 0.1) is 5.92 Å². The summed E-state index contributed by atoms with van der Waals surface area (Å²) in [6.45, 7) is 8.20. The minimum atomic E-state index is -0.630. The van der Waals surface area contributed by atoms with Gasteiger partial charge in [0.1, 0.15) is 4.75 Å². The third-order valence-electron chi connectivity index (χ3n) is 1.68. The number of carbonyl (C=O) groups excluding carboxylic acids is 1. The van der Waals surface area contributed by atoms with Gasteiger partial charge in [-0.2, -0.15) is 12.6 Å². The van der Waals surface area contributed by atoms with Gasteiger partial charge in [0.15, 0.2) is 0 Å². The van der Waals surface area contributed by atoms with Gasteiger partial charge in [0.25, 0.3) is 0 Å². The van der Waals surface area contributed by atoms with Gasteiger partial charge < -0.3 is 4.74 Å². The van der Waals surface area contributed by atoms with Crippen molar-refractivity contribution in [3.05, 3.63) is 0 Å². The van der Waals surface area contributed by atoms with Gasteiger partial charge in [-0.3, -0.25) is 4.79 Å². The molecule has 0 fully saturated rings. The van der Waals surface area contributed by atoms with Crippen molar-refractivity contribution in [1.29, 1.82) is 0 Å². The van der Waals surface area contributed by atoms with E-state index in [0.717, 1.165) is 0 Å². The first-order valence-electron chi connectivity index (χ1n) is 4.29. The lowest BCUT2D eigenvalue weighted by Crippen LogP contribution is -2.31. The fourth-order valence-electron chi connectivity index (χ4n) is 0.542. The number of hydrogen-bond acceptors (Lipinski definition) is 3. The summed E-state index contributed by atoms with van der Waals surface area (Å²) in [7, 11) is 0. The molecule has 12 heavy (non-hydrogen) atoms. The topological polar surface area (TPSA) is 26.3 Å². The minimum Gasteiger partial charge on any atom is -0.464 e. The van der Waals surface area contributed by atoms with Gasteiger partial charge in [0.2, 0.25) is 0 Å². The summed E-state index contributed by atoms with van der Waals surface area (Å²) < 4.78 is 4.41. The van der Waals surface area contributed by atoms with Crippen LogP contribution in [0.5, 0.6) is 0 Å². The van der Waals surface area contributed by atoms with E-state index < -0.39 is 4.75 Å². The monoisotopic (exact) mass is 190 g/mol. The second-order valence-electron chi connectivity index (χ2n) is 3.62. The molecule has 0 aromatic carbocycles. The lowest BCUT2D eigenvalue weighted by Gasteiger charge is -2.20. The summed E-state index contributed by atoms with van der Waals surface area (Å²) in [5.41, 5.74) is 0. The predicted octanol–water partition coefficient (Wildman–Crippen LogP) is 2.28. The third kappa shape index (κ3) is 4.00. The first-order chi connectivity index (χ1) is 5.40. The highest BCUT2D eigenvalue weighted by molar-refractivity contribution is 7.82. The molecule has 0 aromatic heterocycles. The highest BCUT2D eigenvalue weighted by atomic mass is 32.1. The molecule has 0 N–H and O–H groups in total. The Morgan fingerprint density at radius 3 is 2.42 bits per heavy atom. The van der Waals surface area contributed by atoms with Gasteiger partial charge >= 0.3 is 5.97 Å². The van der Waals surface area contributed by atoms with Crippen LogP contribution in [0.25, 0.3) is 0 Å². The van der Waals surface area contributed by atoms with Crippen LogP contribution in [0.15, 0.2) is 0 Å². The van der Waals surface area contributed by atoms with Crippen LogP contribution in [0.4, 0.5) is 0 Å². The Kier molecular flexibility index (Phi) is 4.68. The van der Waals surface area contributed by atoms with Crippen LogP contribution in [0.3, 0.4) is 0 Å². The smallest absolute Gasteiger partial charge is 0.321 e. The van der Waals surface area contributed by atoms with Gasteiger partial charge in [0, 0.05) is 0 Å². The van der Waals surface area contributed by atoms with E-state index in [2.05, 4.69) is 12.6 Å². The van der Waals surface area contributed by atoms with Gasteiger partial charge in [0.05, 0.1) is 6.61 Å². The van der Waals surface area contributed by atoms with Crippen molar-refractivity contribution >= 4 is 18.6 Å². The molecule has 0 aliphatic heterocycles. The van der Waals surface area contributed by atoms with E-state index in [1.165, 1.54) is 0 Å². The van der Waals surface area contributed by atoms with Crippen molar-refractivity contribution in [2.75, 3.05) is 6.61 Å². The van der Waals surface area contributed by atoms with Crippen molar-refractivity contribution < 1.29 is 9.53 Å². The molecular formula is C9H18O2S. The Hall–Kier alpha value is -0.180. The van der Waals surface area contributed by atoms with Crippen LogP contribution in [-0.4, -0.2) is 17.3 Å². The number of hydrogen-bond donors (Lipinski definition) is 1. The Balaban J connectivity index is 3.88. The summed E-state index contributed by atoms with van der Waals surface area (Å²) in [4.78, 5) is 11.3. The van der Waals surface area contributed by atoms with Gasteiger partial charge in [-0.15, -0.1) is 0 Å². The van der Waals surface area contributed by atoms with Crippen LogP contribution in [-0.2, 0) is 9.53 Å². The zero-order valence-corrected chi connectivity index (χ0v) is 9.15. The molecule has 0 bridgehead atoms. The van der Waals surface area contributed by atoms with Gasteiger partial charge in [-0.25, -0.2) is 0 Å². The number of esters is 1. The average Bonchev–Trinajstić information content (AvgIpc) is 2.00. The molecule has 0 heterocycles. The second-order valence-corrected chi connectivity index (χ2v) is 4.61. The Bertz CT molecular complexity index is 153. The van der Waals surface area contributed by atoms with E-state index in [1.54, 1.807) is 6.92 Å². The summed E-state index contributed by atoms with van der Waals surface area (Å²) in [5, 5.41) is 0. The van der Waals surface area contributed by atoms with Crippen LogP contribution in [0.2, 0.25) is 0 Å². The molecule has 0 spiro atoms. The zero-order chi connectivity index (χ0) is 9.78. The molecular weight excluding hydrogens is 172 g/mol. The average molecular weight is 190 g/mol. The van der Waals surface area contributed by atoms with E-state index in [4.69, 9.17) is 4.74 Å². The van der Waals surface area contributed by atoms with E-state index in [0.29, 0.717) is 18.9 Å². The Morgan fingerprint density at radius 1 is 1.58 bits per heavy atom. The molecule has 72 valence electrons.